The summed E-state index contributed by atoms with van der Waals surface area (Å²) in [6, 6.07) is 4.54. The minimum atomic E-state index is -0.409. The van der Waals surface area contributed by atoms with Crippen LogP contribution in [0, 0.1) is 11.2 Å². The Labute approximate surface area is 181 Å². The summed E-state index contributed by atoms with van der Waals surface area (Å²) >= 11 is 0. The van der Waals surface area contributed by atoms with Crippen LogP contribution < -0.4 is 5.32 Å². The molecule has 6 nitrogen and oxygen atoms in total. The second kappa shape index (κ2) is 7.41. The molecule has 7 heteroatoms. The molecule has 3 heterocycles. The molecule has 0 unspecified atom stereocenters. The number of benzene rings is 1. The Balaban J connectivity index is 1.72. The molecule has 1 amide bonds. The fourth-order valence-electron chi connectivity index (χ4n) is 5.26. The van der Waals surface area contributed by atoms with Crippen LogP contribution in [0.1, 0.15) is 48.8 Å². The molecular weight excluding hydrogens is 393 g/mol. The van der Waals surface area contributed by atoms with Crippen molar-refractivity contribution in [2.45, 2.75) is 46.1 Å². The van der Waals surface area contributed by atoms with Crippen LogP contribution >= 0.6 is 0 Å². The third-order valence-electron chi connectivity index (χ3n) is 6.94. The average molecular weight is 422 g/mol. The van der Waals surface area contributed by atoms with Crippen molar-refractivity contribution in [2.75, 3.05) is 19.6 Å². The third kappa shape index (κ3) is 3.14. The van der Waals surface area contributed by atoms with E-state index >= 15 is 0 Å². The summed E-state index contributed by atoms with van der Waals surface area (Å²) in [5.74, 6) is -0.567. The van der Waals surface area contributed by atoms with Crippen molar-refractivity contribution in [3.8, 4) is 5.69 Å². The van der Waals surface area contributed by atoms with Gasteiger partial charge in [-0.25, -0.2) is 14.4 Å². The van der Waals surface area contributed by atoms with Crippen LogP contribution in [0.3, 0.4) is 0 Å². The molecular formula is C24H28FN5O. The van der Waals surface area contributed by atoms with E-state index < -0.39 is 5.82 Å². The van der Waals surface area contributed by atoms with Gasteiger partial charge in [-0.1, -0.05) is 0 Å². The van der Waals surface area contributed by atoms with E-state index in [0.29, 0.717) is 23.2 Å². The van der Waals surface area contributed by atoms with Gasteiger partial charge in [-0.15, -0.1) is 0 Å². The molecule has 1 N–H and O–H groups in total. The lowest BCUT2D eigenvalue weighted by atomic mass is 9.69. The normalized spacial score (nSPS) is 17.1. The molecule has 1 aliphatic heterocycles. The molecule has 1 aromatic carbocycles. The van der Waals surface area contributed by atoms with Crippen LogP contribution in [0.2, 0.25) is 0 Å². The molecule has 5 rings (SSSR count). The first kappa shape index (κ1) is 20.1. The number of aromatic nitrogens is 3. The van der Waals surface area contributed by atoms with Gasteiger partial charge in [0.25, 0.3) is 5.91 Å². The number of nitrogens with one attached hydrogen (secondary N) is 1. The number of hydrogen-bond acceptors (Lipinski definition) is 4. The van der Waals surface area contributed by atoms with E-state index in [4.69, 9.17) is 0 Å². The standard InChI is InChI=1S/C24H28FN5O/c1-4-29(15(2)3)23(31)17-9-16(25)5-6-19(17)30-20-7-8-24(12-27-13-24)10-18(20)22-21(30)11-26-14-28-22/h5-6,9,11,14-15,27H,4,7-8,10,12-13H2,1-3H3. The Kier molecular flexibility index (Phi) is 4.81. The van der Waals surface area contributed by atoms with Crippen molar-refractivity contribution in [2.24, 2.45) is 5.41 Å². The molecule has 0 bridgehead atoms. The highest BCUT2D eigenvalue weighted by Gasteiger charge is 2.42. The maximum atomic E-state index is 14.3. The number of fused-ring (bicyclic) bond motifs is 3. The van der Waals surface area contributed by atoms with Crippen LogP contribution in [-0.4, -0.2) is 51.0 Å². The highest BCUT2D eigenvalue weighted by molar-refractivity contribution is 5.99. The zero-order chi connectivity index (χ0) is 21.8. The fourth-order valence-corrected chi connectivity index (χ4v) is 5.26. The molecule has 31 heavy (non-hydrogen) atoms. The van der Waals surface area contributed by atoms with E-state index in [9.17, 15) is 9.18 Å². The van der Waals surface area contributed by atoms with Crippen molar-refractivity contribution >= 4 is 16.9 Å². The second-order valence-corrected chi connectivity index (χ2v) is 9.14. The van der Waals surface area contributed by atoms with Gasteiger partial charge in [0.15, 0.2) is 0 Å². The lowest BCUT2D eigenvalue weighted by molar-refractivity contribution is 0.0716. The molecule has 1 spiro atoms. The van der Waals surface area contributed by atoms with Gasteiger partial charge < -0.3 is 14.8 Å². The molecule has 2 aromatic heterocycles. The van der Waals surface area contributed by atoms with Gasteiger partial charge in [-0.05, 0) is 63.6 Å². The predicted molar refractivity (Wildman–Crippen MR) is 118 cm³/mol. The average Bonchev–Trinajstić information content (AvgIpc) is 3.06. The number of hydrogen-bond donors (Lipinski definition) is 1. The molecule has 1 fully saturated rings. The van der Waals surface area contributed by atoms with Crippen LogP contribution in [0.5, 0.6) is 0 Å². The van der Waals surface area contributed by atoms with Crippen molar-refractivity contribution in [1.82, 2.24) is 24.8 Å². The van der Waals surface area contributed by atoms with Crippen LogP contribution in [0.15, 0.2) is 30.7 Å². The van der Waals surface area contributed by atoms with Gasteiger partial charge in [-0.2, -0.15) is 0 Å². The Hall–Kier alpha value is -2.80. The topological polar surface area (TPSA) is 63.1 Å². The second-order valence-electron chi connectivity index (χ2n) is 9.14. The highest BCUT2D eigenvalue weighted by atomic mass is 19.1. The van der Waals surface area contributed by atoms with E-state index in [1.54, 1.807) is 17.3 Å². The van der Waals surface area contributed by atoms with Crippen molar-refractivity contribution in [3.63, 3.8) is 0 Å². The summed E-state index contributed by atoms with van der Waals surface area (Å²) in [6.07, 6.45) is 6.35. The summed E-state index contributed by atoms with van der Waals surface area (Å²) in [5.41, 5.74) is 5.61. The molecule has 0 saturated carbocycles. The molecule has 3 aromatic rings. The van der Waals surface area contributed by atoms with E-state index in [0.717, 1.165) is 43.4 Å². The van der Waals surface area contributed by atoms with Gasteiger partial charge in [0.05, 0.1) is 28.5 Å². The molecule has 1 aliphatic carbocycles. The number of carbonyl (C=O) groups is 1. The van der Waals surface area contributed by atoms with E-state index in [1.807, 2.05) is 27.0 Å². The smallest absolute Gasteiger partial charge is 0.256 e. The summed E-state index contributed by atoms with van der Waals surface area (Å²) in [7, 11) is 0. The summed E-state index contributed by atoms with van der Waals surface area (Å²) < 4.78 is 16.4. The van der Waals surface area contributed by atoms with E-state index in [1.165, 1.54) is 23.4 Å². The predicted octanol–water partition coefficient (Wildman–Crippen LogP) is 3.51. The Bertz CT molecular complexity index is 1160. The SMILES string of the molecule is CCN(C(=O)c1cc(F)ccc1-n1c2c(c3ncncc31)CC1(CC2)CNC1)C(C)C. The van der Waals surface area contributed by atoms with E-state index in [2.05, 4.69) is 19.9 Å². The number of carbonyl (C=O) groups excluding carboxylic acids is 1. The number of rotatable bonds is 4. The first-order valence-electron chi connectivity index (χ1n) is 11.1. The maximum Gasteiger partial charge on any atom is 0.256 e. The van der Waals surface area contributed by atoms with Crippen LogP contribution in [0.4, 0.5) is 4.39 Å². The van der Waals surface area contributed by atoms with Crippen molar-refractivity contribution in [3.05, 3.63) is 53.4 Å². The quantitative estimate of drug-likeness (QED) is 0.700. The van der Waals surface area contributed by atoms with Gasteiger partial charge >= 0.3 is 0 Å². The lowest BCUT2D eigenvalue weighted by Gasteiger charge is -2.45. The minimum Gasteiger partial charge on any atom is -0.336 e. The monoisotopic (exact) mass is 421 g/mol. The largest absolute Gasteiger partial charge is 0.336 e. The van der Waals surface area contributed by atoms with Crippen LogP contribution in [-0.2, 0) is 12.8 Å². The van der Waals surface area contributed by atoms with Crippen molar-refractivity contribution < 1.29 is 9.18 Å². The number of halogens is 1. The van der Waals surface area contributed by atoms with Gasteiger partial charge in [0, 0.05) is 36.9 Å². The maximum absolute atomic E-state index is 14.3. The lowest BCUT2D eigenvalue weighted by Crippen LogP contribution is -2.56. The minimum absolute atomic E-state index is 0.0262. The highest BCUT2D eigenvalue weighted by Crippen LogP contribution is 2.43. The summed E-state index contributed by atoms with van der Waals surface area (Å²) in [4.78, 5) is 24.1. The summed E-state index contributed by atoms with van der Waals surface area (Å²) in [5, 5.41) is 3.42. The van der Waals surface area contributed by atoms with Gasteiger partial charge in [0.2, 0.25) is 0 Å². The fraction of sp³-hybridized carbons (Fsp3) is 0.458. The zero-order valence-electron chi connectivity index (χ0n) is 18.3. The first-order valence-corrected chi connectivity index (χ1v) is 11.1. The molecule has 0 atom stereocenters. The molecule has 2 aliphatic rings. The Morgan fingerprint density at radius 2 is 2.16 bits per heavy atom. The van der Waals surface area contributed by atoms with Crippen molar-refractivity contribution in [1.29, 1.82) is 0 Å². The Morgan fingerprint density at radius 3 is 2.84 bits per heavy atom. The first-order chi connectivity index (χ1) is 14.9. The van der Waals surface area contributed by atoms with Gasteiger partial charge in [0.1, 0.15) is 12.1 Å². The zero-order valence-corrected chi connectivity index (χ0v) is 18.3. The van der Waals surface area contributed by atoms with Crippen LogP contribution in [0.25, 0.3) is 16.7 Å². The number of nitrogens with zero attached hydrogens (tertiary/aromatic N) is 4. The Morgan fingerprint density at radius 1 is 1.35 bits per heavy atom. The van der Waals surface area contributed by atoms with Gasteiger partial charge in [-0.3, -0.25) is 4.79 Å². The third-order valence-corrected chi connectivity index (χ3v) is 6.94. The molecule has 162 valence electrons. The molecule has 0 radical (unpaired) electrons. The molecule has 1 saturated heterocycles. The number of amides is 1. The van der Waals surface area contributed by atoms with E-state index in [-0.39, 0.29) is 11.9 Å². The summed E-state index contributed by atoms with van der Waals surface area (Å²) in [6.45, 7) is 8.54.